The molecule has 1 atom stereocenters. The molecular weight excluding hydrogens is 422 g/mol. The highest BCUT2D eigenvalue weighted by Gasteiger charge is 2.14. The number of halogens is 1. The van der Waals surface area contributed by atoms with Gasteiger partial charge >= 0.3 is 0 Å². The highest BCUT2D eigenvalue weighted by atomic mass is 79.9. The molecule has 0 saturated heterocycles. The van der Waals surface area contributed by atoms with Crippen molar-refractivity contribution in [3.63, 3.8) is 0 Å². The largest absolute Gasteiger partial charge is 0.494 e. The summed E-state index contributed by atoms with van der Waals surface area (Å²) in [5.41, 5.74) is 1.87. The Morgan fingerprint density at radius 3 is 2.68 bits per heavy atom. The summed E-state index contributed by atoms with van der Waals surface area (Å²) < 4.78 is 11.7. The molecule has 0 aliphatic heterocycles. The monoisotopic (exact) mass is 443 g/mol. The fourth-order valence-corrected chi connectivity index (χ4v) is 3.41. The van der Waals surface area contributed by atoms with E-state index in [-0.39, 0.29) is 18.4 Å². The van der Waals surface area contributed by atoms with E-state index in [0.29, 0.717) is 24.7 Å². The molecule has 1 amide bonds. The maximum atomic E-state index is 12.3. The molecule has 146 valence electrons. The van der Waals surface area contributed by atoms with Crippen molar-refractivity contribution < 1.29 is 14.1 Å². The van der Waals surface area contributed by atoms with Crippen molar-refractivity contribution in [3.05, 3.63) is 64.5 Å². The number of hydrogen-bond donors (Lipinski definition) is 1. The van der Waals surface area contributed by atoms with Gasteiger partial charge in [0.1, 0.15) is 5.75 Å². The van der Waals surface area contributed by atoms with Crippen molar-refractivity contribution in [2.75, 3.05) is 6.61 Å². The number of carbonyl (C=O) groups is 1. The second-order valence-electron chi connectivity index (χ2n) is 6.28. The third kappa shape index (κ3) is 5.19. The van der Waals surface area contributed by atoms with Crippen LogP contribution in [0.2, 0.25) is 0 Å². The lowest BCUT2D eigenvalue weighted by Crippen LogP contribution is -2.27. The SMILES string of the molecule is CCOc1ccc(-c2noc(CCC(=O)NC(C)c3ccccc3Br)n2)cc1. The molecule has 0 aliphatic carbocycles. The van der Waals surface area contributed by atoms with Gasteiger partial charge in [0, 0.05) is 22.9 Å². The summed E-state index contributed by atoms with van der Waals surface area (Å²) >= 11 is 3.51. The Kier molecular flexibility index (Phi) is 6.81. The van der Waals surface area contributed by atoms with Crippen LogP contribution < -0.4 is 10.1 Å². The number of carbonyl (C=O) groups excluding carboxylic acids is 1. The Bertz CT molecular complexity index is 925. The molecule has 6 nitrogen and oxygen atoms in total. The van der Waals surface area contributed by atoms with Crippen LogP contribution in [-0.2, 0) is 11.2 Å². The predicted octanol–water partition coefficient (Wildman–Crippen LogP) is 4.71. The number of rotatable bonds is 8. The molecule has 0 spiro atoms. The Morgan fingerprint density at radius 2 is 1.96 bits per heavy atom. The van der Waals surface area contributed by atoms with E-state index in [4.69, 9.17) is 9.26 Å². The number of amides is 1. The van der Waals surface area contributed by atoms with E-state index in [0.717, 1.165) is 21.3 Å². The fraction of sp³-hybridized carbons (Fsp3) is 0.286. The van der Waals surface area contributed by atoms with E-state index in [1.807, 2.05) is 62.4 Å². The van der Waals surface area contributed by atoms with Gasteiger partial charge in [0.15, 0.2) is 0 Å². The van der Waals surface area contributed by atoms with Crippen LogP contribution in [0.15, 0.2) is 57.5 Å². The molecule has 1 aromatic heterocycles. The van der Waals surface area contributed by atoms with Gasteiger partial charge in [0.2, 0.25) is 17.6 Å². The van der Waals surface area contributed by atoms with Crippen LogP contribution in [0.3, 0.4) is 0 Å². The van der Waals surface area contributed by atoms with Gasteiger partial charge in [-0.25, -0.2) is 0 Å². The molecule has 2 aromatic carbocycles. The molecule has 0 aliphatic rings. The second-order valence-corrected chi connectivity index (χ2v) is 7.13. The molecular formula is C21H22BrN3O3. The third-order valence-electron chi connectivity index (χ3n) is 4.21. The van der Waals surface area contributed by atoms with Crippen LogP contribution >= 0.6 is 15.9 Å². The minimum absolute atomic E-state index is 0.0657. The van der Waals surface area contributed by atoms with Gasteiger partial charge in [-0.05, 0) is 49.7 Å². The standard InChI is InChI=1S/C21H22BrN3O3/c1-3-27-16-10-8-15(9-11-16)21-24-20(28-25-21)13-12-19(26)23-14(2)17-6-4-5-7-18(17)22/h4-11,14H,3,12-13H2,1-2H3,(H,23,26). The van der Waals surface area contributed by atoms with Crippen LogP contribution in [-0.4, -0.2) is 22.7 Å². The molecule has 3 aromatic rings. The van der Waals surface area contributed by atoms with E-state index >= 15 is 0 Å². The first-order valence-corrected chi connectivity index (χ1v) is 9.95. The molecule has 28 heavy (non-hydrogen) atoms. The van der Waals surface area contributed by atoms with Crippen molar-refractivity contribution in [1.82, 2.24) is 15.5 Å². The van der Waals surface area contributed by atoms with Gasteiger partial charge in [0.25, 0.3) is 0 Å². The second kappa shape index (κ2) is 9.50. The normalized spacial score (nSPS) is 11.8. The number of ether oxygens (including phenoxy) is 1. The number of aryl methyl sites for hydroxylation is 1. The minimum atomic E-state index is -0.0924. The van der Waals surface area contributed by atoms with E-state index in [2.05, 4.69) is 31.4 Å². The first-order chi connectivity index (χ1) is 13.6. The number of nitrogens with one attached hydrogen (secondary N) is 1. The van der Waals surface area contributed by atoms with Gasteiger partial charge in [-0.15, -0.1) is 0 Å². The topological polar surface area (TPSA) is 77.2 Å². The molecule has 7 heteroatoms. The van der Waals surface area contributed by atoms with Crippen molar-refractivity contribution in [2.24, 2.45) is 0 Å². The minimum Gasteiger partial charge on any atom is -0.494 e. The van der Waals surface area contributed by atoms with E-state index in [1.54, 1.807) is 0 Å². The summed E-state index contributed by atoms with van der Waals surface area (Å²) in [6.45, 7) is 4.51. The molecule has 1 unspecified atom stereocenters. The Morgan fingerprint density at radius 1 is 1.21 bits per heavy atom. The van der Waals surface area contributed by atoms with E-state index < -0.39 is 0 Å². The van der Waals surface area contributed by atoms with Crippen molar-refractivity contribution >= 4 is 21.8 Å². The predicted molar refractivity (Wildman–Crippen MR) is 110 cm³/mol. The third-order valence-corrected chi connectivity index (χ3v) is 4.93. The summed E-state index contributed by atoms with van der Waals surface area (Å²) in [5, 5.41) is 6.99. The Balaban J connectivity index is 1.54. The van der Waals surface area contributed by atoms with Gasteiger partial charge in [-0.1, -0.05) is 39.3 Å². The molecule has 1 heterocycles. The van der Waals surface area contributed by atoms with Gasteiger partial charge in [-0.2, -0.15) is 4.98 Å². The Hall–Kier alpha value is -2.67. The van der Waals surface area contributed by atoms with Crippen molar-refractivity contribution in [1.29, 1.82) is 0 Å². The lowest BCUT2D eigenvalue weighted by Gasteiger charge is -2.15. The average molecular weight is 444 g/mol. The first-order valence-electron chi connectivity index (χ1n) is 9.16. The molecule has 0 bridgehead atoms. The van der Waals surface area contributed by atoms with E-state index in [9.17, 15) is 4.79 Å². The van der Waals surface area contributed by atoms with Gasteiger partial charge in [0.05, 0.1) is 12.6 Å². The highest BCUT2D eigenvalue weighted by molar-refractivity contribution is 9.10. The van der Waals surface area contributed by atoms with Crippen LogP contribution in [0.4, 0.5) is 0 Å². The zero-order valence-electron chi connectivity index (χ0n) is 15.8. The summed E-state index contributed by atoms with van der Waals surface area (Å²) in [6, 6.07) is 15.2. The first kappa shape index (κ1) is 20.1. The van der Waals surface area contributed by atoms with Gasteiger partial charge < -0.3 is 14.6 Å². The summed E-state index contributed by atoms with van der Waals surface area (Å²) in [5.74, 6) is 1.67. The number of nitrogens with zero attached hydrogens (tertiary/aromatic N) is 2. The van der Waals surface area contributed by atoms with E-state index in [1.165, 1.54) is 0 Å². The summed E-state index contributed by atoms with van der Waals surface area (Å²) in [4.78, 5) is 16.6. The maximum absolute atomic E-state index is 12.3. The Labute approximate surface area is 172 Å². The van der Waals surface area contributed by atoms with Crippen LogP contribution in [0.25, 0.3) is 11.4 Å². The average Bonchev–Trinajstić information content (AvgIpc) is 3.16. The molecule has 3 rings (SSSR count). The molecule has 0 saturated carbocycles. The maximum Gasteiger partial charge on any atom is 0.227 e. The number of aromatic nitrogens is 2. The van der Waals surface area contributed by atoms with Crippen LogP contribution in [0.1, 0.15) is 37.8 Å². The van der Waals surface area contributed by atoms with Crippen LogP contribution in [0, 0.1) is 0 Å². The number of benzene rings is 2. The zero-order chi connectivity index (χ0) is 19.9. The summed E-state index contributed by atoms with van der Waals surface area (Å²) in [6.07, 6.45) is 0.665. The summed E-state index contributed by atoms with van der Waals surface area (Å²) in [7, 11) is 0. The molecule has 1 N–H and O–H groups in total. The van der Waals surface area contributed by atoms with Gasteiger partial charge in [-0.3, -0.25) is 4.79 Å². The van der Waals surface area contributed by atoms with Crippen molar-refractivity contribution in [3.8, 4) is 17.1 Å². The van der Waals surface area contributed by atoms with Crippen LogP contribution in [0.5, 0.6) is 5.75 Å². The molecule has 0 radical (unpaired) electrons. The quantitative estimate of drug-likeness (QED) is 0.545. The highest BCUT2D eigenvalue weighted by Crippen LogP contribution is 2.23. The number of hydrogen-bond acceptors (Lipinski definition) is 5. The zero-order valence-corrected chi connectivity index (χ0v) is 17.4. The lowest BCUT2D eigenvalue weighted by molar-refractivity contribution is -0.121. The lowest BCUT2D eigenvalue weighted by atomic mass is 10.1. The fourth-order valence-electron chi connectivity index (χ4n) is 2.78. The smallest absolute Gasteiger partial charge is 0.227 e. The molecule has 0 fully saturated rings. The van der Waals surface area contributed by atoms with Crippen molar-refractivity contribution in [2.45, 2.75) is 32.7 Å².